The Hall–Kier alpha value is -8.16. The van der Waals surface area contributed by atoms with Gasteiger partial charge < -0.3 is 4.98 Å². The fraction of sp³-hybridized carbons (Fsp3) is 0.161. The number of fused-ring (bicyclic) bond motifs is 7. The standard InChI is InChI=1S/C62H53N7/c1-37(2)50-35-52-47-20-17-42(33-55(47)69(56(52)36-51(50)38(3)4)57-34-43(27-32-65-57)62(5,6)7)46-12-10-14-54-59(46)67-61(68(54)44-18-15-39(16-19-44)40-23-28-63-29-24-40)49-22-21-45(41-25-30-64-31-26-41)58-48-11-8-9-13-53(48)66-60(49)58/h8-38,66H,1-7H3. The SMILES string of the molecule is CC(C)c1cc2c3ccc(-c4cccc5c4nc(-c4ccc(-c6ccncc6)c6c4[nH]c4ccccc46)n5-c4ccc(-c5ccncc5)cc4)cc3n(-c3cc(C(C)(C)C)ccn3)c2cc1C(C)C. The molecular weight excluding hydrogens is 843 g/mol. The molecule has 1 N–H and O–H groups in total. The van der Waals surface area contributed by atoms with Crippen LogP contribution in [0.4, 0.5) is 0 Å². The van der Waals surface area contributed by atoms with E-state index in [1.807, 2.05) is 31.0 Å². The number of hydrogen-bond donors (Lipinski definition) is 1. The first-order chi connectivity index (χ1) is 33.5. The van der Waals surface area contributed by atoms with Crippen LogP contribution in [-0.4, -0.2) is 34.1 Å². The van der Waals surface area contributed by atoms with Crippen molar-refractivity contribution in [3.05, 3.63) is 193 Å². The molecule has 336 valence electrons. The molecule has 6 heterocycles. The van der Waals surface area contributed by atoms with Crippen molar-refractivity contribution >= 4 is 54.6 Å². The number of para-hydroxylation sites is 2. The van der Waals surface area contributed by atoms with E-state index in [4.69, 9.17) is 9.97 Å². The van der Waals surface area contributed by atoms with Crippen molar-refractivity contribution < 1.29 is 0 Å². The van der Waals surface area contributed by atoms with E-state index in [2.05, 4.69) is 218 Å². The number of pyridine rings is 3. The van der Waals surface area contributed by atoms with Gasteiger partial charge in [0.15, 0.2) is 0 Å². The Morgan fingerprint density at radius 1 is 0.493 bits per heavy atom. The van der Waals surface area contributed by atoms with Crippen LogP contribution in [0.2, 0.25) is 0 Å². The second-order valence-corrected chi connectivity index (χ2v) is 20.1. The van der Waals surface area contributed by atoms with Crippen molar-refractivity contribution in [2.24, 2.45) is 0 Å². The lowest BCUT2D eigenvalue weighted by molar-refractivity contribution is 0.588. The lowest BCUT2D eigenvalue weighted by Crippen LogP contribution is -2.12. The Morgan fingerprint density at radius 3 is 1.90 bits per heavy atom. The van der Waals surface area contributed by atoms with Crippen molar-refractivity contribution in [2.45, 2.75) is 65.7 Å². The molecule has 0 bridgehead atoms. The average molecular weight is 896 g/mol. The summed E-state index contributed by atoms with van der Waals surface area (Å²) in [6, 6.07) is 53.0. The van der Waals surface area contributed by atoms with Crippen molar-refractivity contribution in [2.75, 3.05) is 0 Å². The number of rotatable bonds is 8. The second-order valence-electron chi connectivity index (χ2n) is 20.1. The summed E-state index contributed by atoms with van der Waals surface area (Å²) in [5.41, 5.74) is 19.0. The minimum absolute atomic E-state index is 0.0428. The quantitative estimate of drug-likeness (QED) is 0.165. The van der Waals surface area contributed by atoms with Crippen LogP contribution in [0.3, 0.4) is 0 Å². The van der Waals surface area contributed by atoms with Crippen LogP contribution < -0.4 is 0 Å². The summed E-state index contributed by atoms with van der Waals surface area (Å²) in [7, 11) is 0. The molecule has 0 unspecified atom stereocenters. The molecule has 0 aliphatic heterocycles. The van der Waals surface area contributed by atoms with Gasteiger partial charge in [0.25, 0.3) is 0 Å². The molecule has 0 spiro atoms. The zero-order valence-corrected chi connectivity index (χ0v) is 40.1. The zero-order valence-electron chi connectivity index (χ0n) is 40.1. The lowest BCUT2D eigenvalue weighted by atomic mass is 9.88. The molecular formula is C62H53N7. The van der Waals surface area contributed by atoms with E-state index in [1.165, 1.54) is 38.4 Å². The van der Waals surface area contributed by atoms with Crippen LogP contribution in [-0.2, 0) is 5.41 Å². The molecule has 6 aromatic carbocycles. The summed E-state index contributed by atoms with van der Waals surface area (Å²) >= 11 is 0. The van der Waals surface area contributed by atoms with Crippen molar-refractivity contribution in [1.82, 2.24) is 34.1 Å². The normalized spacial score (nSPS) is 12.2. The predicted octanol–water partition coefficient (Wildman–Crippen LogP) is 16.2. The van der Waals surface area contributed by atoms with Gasteiger partial charge >= 0.3 is 0 Å². The van der Waals surface area contributed by atoms with E-state index in [1.54, 1.807) is 0 Å². The first kappa shape index (κ1) is 42.2. The highest BCUT2D eigenvalue weighted by molar-refractivity contribution is 6.18. The Bertz CT molecular complexity index is 3920. The van der Waals surface area contributed by atoms with Gasteiger partial charge in [0.05, 0.1) is 27.6 Å². The molecule has 0 atom stereocenters. The molecule has 7 heteroatoms. The van der Waals surface area contributed by atoms with Crippen LogP contribution in [0.5, 0.6) is 0 Å². The third-order valence-electron chi connectivity index (χ3n) is 14.1. The molecule has 6 aromatic heterocycles. The molecule has 0 aliphatic carbocycles. The number of imidazole rings is 1. The third kappa shape index (κ3) is 7.02. The Balaban J connectivity index is 1.13. The smallest absolute Gasteiger partial charge is 0.147 e. The van der Waals surface area contributed by atoms with Gasteiger partial charge in [0.2, 0.25) is 0 Å². The summed E-state index contributed by atoms with van der Waals surface area (Å²) in [6.07, 6.45) is 9.38. The van der Waals surface area contributed by atoms with Crippen LogP contribution >= 0.6 is 0 Å². The van der Waals surface area contributed by atoms with E-state index in [9.17, 15) is 0 Å². The number of H-pyrrole nitrogens is 1. The molecule has 0 fully saturated rings. The molecule has 69 heavy (non-hydrogen) atoms. The van der Waals surface area contributed by atoms with Gasteiger partial charge in [0, 0.05) is 74.9 Å². The van der Waals surface area contributed by atoms with Crippen molar-refractivity contribution in [3.8, 4) is 56.3 Å². The van der Waals surface area contributed by atoms with Gasteiger partial charge in [-0.05, 0) is 147 Å². The Morgan fingerprint density at radius 2 is 1.16 bits per heavy atom. The maximum Gasteiger partial charge on any atom is 0.147 e. The van der Waals surface area contributed by atoms with Gasteiger partial charge in [-0.15, -0.1) is 0 Å². The van der Waals surface area contributed by atoms with Crippen molar-refractivity contribution in [3.63, 3.8) is 0 Å². The topological polar surface area (TPSA) is 77.2 Å². The molecule has 12 rings (SSSR count). The van der Waals surface area contributed by atoms with E-state index < -0.39 is 0 Å². The summed E-state index contributed by atoms with van der Waals surface area (Å²) in [4.78, 5) is 23.3. The van der Waals surface area contributed by atoms with E-state index in [-0.39, 0.29) is 5.41 Å². The highest BCUT2D eigenvalue weighted by Crippen LogP contribution is 2.44. The van der Waals surface area contributed by atoms with E-state index >= 15 is 0 Å². The first-order valence-electron chi connectivity index (χ1n) is 24.1. The molecule has 0 aliphatic rings. The summed E-state index contributed by atoms with van der Waals surface area (Å²) in [5.74, 6) is 2.53. The molecule has 0 amide bonds. The fourth-order valence-corrected chi connectivity index (χ4v) is 10.6. The molecule has 7 nitrogen and oxygen atoms in total. The number of nitrogens with one attached hydrogen (secondary N) is 1. The average Bonchev–Trinajstić information content (AvgIpc) is 4.06. The van der Waals surface area contributed by atoms with Gasteiger partial charge in [-0.3, -0.25) is 19.1 Å². The third-order valence-corrected chi connectivity index (χ3v) is 14.1. The van der Waals surface area contributed by atoms with Gasteiger partial charge in [-0.1, -0.05) is 109 Å². The van der Waals surface area contributed by atoms with E-state index in [0.717, 1.165) is 89.2 Å². The lowest BCUT2D eigenvalue weighted by Gasteiger charge is -2.20. The zero-order chi connectivity index (χ0) is 47.1. The highest BCUT2D eigenvalue weighted by atomic mass is 15.1. The second kappa shape index (κ2) is 16.3. The number of aromatic nitrogens is 7. The Labute approximate surface area is 402 Å². The van der Waals surface area contributed by atoms with Gasteiger partial charge in [-0.2, -0.15) is 0 Å². The van der Waals surface area contributed by atoms with Gasteiger partial charge in [0.1, 0.15) is 11.6 Å². The maximum absolute atomic E-state index is 5.75. The Kier molecular flexibility index (Phi) is 9.95. The summed E-state index contributed by atoms with van der Waals surface area (Å²) in [6.45, 7) is 16.0. The molecule has 0 saturated heterocycles. The summed E-state index contributed by atoms with van der Waals surface area (Å²) < 4.78 is 4.73. The first-order valence-corrected chi connectivity index (χ1v) is 24.1. The molecule has 0 saturated carbocycles. The fourth-order valence-electron chi connectivity index (χ4n) is 10.6. The number of aromatic amines is 1. The number of nitrogens with zero attached hydrogens (tertiary/aromatic N) is 6. The van der Waals surface area contributed by atoms with Crippen LogP contribution in [0.1, 0.15) is 77.0 Å². The minimum atomic E-state index is -0.0428. The maximum atomic E-state index is 5.75. The molecule has 0 radical (unpaired) electrons. The van der Waals surface area contributed by atoms with Crippen molar-refractivity contribution in [1.29, 1.82) is 0 Å². The van der Waals surface area contributed by atoms with Gasteiger partial charge in [-0.25, -0.2) is 9.97 Å². The minimum Gasteiger partial charge on any atom is -0.354 e. The van der Waals surface area contributed by atoms with Crippen LogP contribution in [0.15, 0.2) is 177 Å². The number of hydrogen-bond acceptors (Lipinski definition) is 4. The van der Waals surface area contributed by atoms with Crippen LogP contribution in [0.25, 0.3) is 111 Å². The van der Waals surface area contributed by atoms with Crippen LogP contribution in [0, 0.1) is 0 Å². The predicted molar refractivity (Wildman–Crippen MR) is 287 cm³/mol. The van der Waals surface area contributed by atoms with E-state index in [0.29, 0.717) is 11.8 Å². The summed E-state index contributed by atoms with van der Waals surface area (Å²) in [5, 5.41) is 4.77. The molecule has 12 aromatic rings. The largest absolute Gasteiger partial charge is 0.354 e. The number of benzene rings is 6. The highest BCUT2D eigenvalue weighted by Gasteiger charge is 2.25. The monoisotopic (exact) mass is 895 g/mol.